The van der Waals surface area contributed by atoms with Crippen molar-refractivity contribution >= 4 is 23.3 Å². The van der Waals surface area contributed by atoms with E-state index in [-0.39, 0.29) is 10.7 Å². The number of hydrogen-bond acceptors (Lipinski definition) is 4. The lowest BCUT2D eigenvalue weighted by molar-refractivity contribution is 0.0526. The van der Waals surface area contributed by atoms with Gasteiger partial charge in [0.25, 0.3) is 0 Å². The maximum atomic E-state index is 11.8. The van der Waals surface area contributed by atoms with Gasteiger partial charge >= 0.3 is 5.97 Å². The van der Waals surface area contributed by atoms with Gasteiger partial charge in [-0.3, -0.25) is 4.98 Å². The number of carbonyl (C=O) groups excluding carboxylic acids is 1. The molecule has 0 amide bonds. The van der Waals surface area contributed by atoms with Crippen molar-refractivity contribution < 1.29 is 9.53 Å². The third-order valence-electron chi connectivity index (χ3n) is 5.10. The third kappa shape index (κ3) is 4.95. The van der Waals surface area contributed by atoms with E-state index in [0.29, 0.717) is 12.2 Å². The molecule has 0 unspecified atom stereocenters. The highest BCUT2D eigenvalue weighted by Gasteiger charge is 2.27. The second kappa shape index (κ2) is 9.06. The van der Waals surface area contributed by atoms with E-state index >= 15 is 0 Å². The lowest BCUT2D eigenvalue weighted by Crippen LogP contribution is -2.16. The first kappa shape index (κ1) is 21.9. The fourth-order valence-electron chi connectivity index (χ4n) is 3.56. The molecule has 4 heteroatoms. The molecule has 0 atom stereocenters. The largest absolute Gasteiger partial charge is 0.462 e. The second-order valence-corrected chi connectivity index (χ2v) is 9.91. The summed E-state index contributed by atoms with van der Waals surface area (Å²) in [5, 5.41) is 0. The molecule has 0 saturated carbocycles. The molecule has 0 bridgehead atoms. The number of aryl methyl sites for hydroxylation is 1. The summed E-state index contributed by atoms with van der Waals surface area (Å²) in [5.41, 5.74) is 6.84. The zero-order chi connectivity index (χ0) is 22.7. The van der Waals surface area contributed by atoms with Crippen LogP contribution in [0.2, 0.25) is 0 Å². The lowest BCUT2D eigenvalue weighted by atomic mass is 9.93. The zero-order valence-corrected chi connectivity index (χ0v) is 19.5. The van der Waals surface area contributed by atoms with Gasteiger partial charge in [0, 0.05) is 38.2 Å². The van der Waals surface area contributed by atoms with E-state index in [1.165, 1.54) is 16.0 Å². The van der Waals surface area contributed by atoms with E-state index in [1.54, 1.807) is 19.1 Å². The Morgan fingerprint density at radius 1 is 1.03 bits per heavy atom. The van der Waals surface area contributed by atoms with Crippen molar-refractivity contribution in [1.82, 2.24) is 4.98 Å². The van der Waals surface area contributed by atoms with Crippen molar-refractivity contribution in [3.05, 3.63) is 100 Å². The van der Waals surface area contributed by atoms with Crippen LogP contribution in [0.15, 0.2) is 71.8 Å². The lowest BCUT2D eigenvalue weighted by Gasteiger charge is -2.29. The van der Waals surface area contributed by atoms with E-state index < -0.39 is 0 Å². The highest BCUT2D eigenvalue weighted by Crippen LogP contribution is 2.46. The number of ether oxygens (including phenoxy) is 1. The minimum atomic E-state index is -0.313. The molecular weight excluding hydrogens is 414 g/mol. The molecule has 0 spiro atoms. The van der Waals surface area contributed by atoms with Gasteiger partial charge in [-0.05, 0) is 87.4 Å². The molecule has 1 aliphatic rings. The Morgan fingerprint density at radius 2 is 1.75 bits per heavy atom. The first-order valence-electron chi connectivity index (χ1n) is 10.6. The molecule has 0 aliphatic carbocycles. The van der Waals surface area contributed by atoms with Gasteiger partial charge in [-0.1, -0.05) is 24.0 Å². The average molecular weight is 440 g/mol. The molecule has 0 saturated heterocycles. The second-order valence-electron chi connectivity index (χ2n) is 8.21. The van der Waals surface area contributed by atoms with Crippen molar-refractivity contribution in [1.29, 1.82) is 0 Å². The Labute approximate surface area is 193 Å². The minimum absolute atomic E-state index is 0.00108. The number of rotatable bonds is 3. The van der Waals surface area contributed by atoms with Crippen molar-refractivity contribution in [3.63, 3.8) is 0 Å². The van der Waals surface area contributed by atoms with E-state index in [4.69, 9.17) is 4.74 Å². The maximum Gasteiger partial charge on any atom is 0.338 e. The summed E-state index contributed by atoms with van der Waals surface area (Å²) in [5.74, 6) is 6.16. The van der Waals surface area contributed by atoms with E-state index in [1.807, 2.05) is 43.1 Å². The van der Waals surface area contributed by atoms with Gasteiger partial charge < -0.3 is 4.74 Å². The standard InChI is InChI=1S/C28H25NO2S/c1-5-31-27(30)22-13-9-20(10-14-22)7-8-21-11-15-26-24(16-21)25(17-28(3,4)32-26)23-12-6-19(2)29-18-23/h6,9-18H,5H2,1-4H3. The summed E-state index contributed by atoms with van der Waals surface area (Å²) in [6.07, 6.45) is 4.26. The van der Waals surface area contributed by atoms with Crippen LogP contribution in [-0.4, -0.2) is 22.3 Å². The molecule has 32 heavy (non-hydrogen) atoms. The molecule has 0 radical (unpaired) electrons. The molecule has 1 aliphatic heterocycles. The van der Waals surface area contributed by atoms with Crippen LogP contribution < -0.4 is 0 Å². The van der Waals surface area contributed by atoms with Crippen molar-refractivity contribution in [2.24, 2.45) is 0 Å². The quantitative estimate of drug-likeness (QED) is 0.355. The summed E-state index contributed by atoms with van der Waals surface area (Å²) in [4.78, 5) is 17.6. The first-order chi connectivity index (χ1) is 15.3. The van der Waals surface area contributed by atoms with E-state index in [2.05, 4.69) is 61.0 Å². The number of fused-ring (bicyclic) bond motifs is 1. The fraction of sp³-hybridized carbons (Fsp3) is 0.214. The van der Waals surface area contributed by atoms with Crippen LogP contribution in [0.25, 0.3) is 5.57 Å². The molecule has 2 heterocycles. The first-order valence-corrected chi connectivity index (χ1v) is 11.4. The SMILES string of the molecule is CCOC(=O)c1ccc(C#Cc2ccc3c(c2)C(c2ccc(C)nc2)=CC(C)(C)S3)cc1. The van der Waals surface area contributed by atoms with E-state index in [9.17, 15) is 4.79 Å². The molecule has 3 aromatic rings. The van der Waals surface area contributed by atoms with Crippen molar-refractivity contribution in [2.45, 2.75) is 37.3 Å². The molecule has 0 fully saturated rings. The van der Waals surface area contributed by atoms with Crippen LogP contribution in [0.4, 0.5) is 0 Å². The van der Waals surface area contributed by atoms with Gasteiger partial charge in [-0.2, -0.15) is 0 Å². The predicted octanol–water partition coefficient (Wildman–Crippen LogP) is 6.28. The molecule has 4 rings (SSSR count). The number of esters is 1. The molecule has 3 nitrogen and oxygen atoms in total. The van der Waals surface area contributed by atoms with E-state index in [0.717, 1.165) is 22.4 Å². The Kier molecular flexibility index (Phi) is 6.21. The van der Waals surface area contributed by atoms with Crippen LogP contribution >= 0.6 is 11.8 Å². The van der Waals surface area contributed by atoms with Gasteiger partial charge in [0.2, 0.25) is 0 Å². The van der Waals surface area contributed by atoms with Crippen LogP contribution in [0.1, 0.15) is 59.1 Å². The summed E-state index contributed by atoms with van der Waals surface area (Å²) in [7, 11) is 0. The number of pyridine rings is 1. The smallest absolute Gasteiger partial charge is 0.338 e. The molecule has 0 N–H and O–H groups in total. The summed E-state index contributed by atoms with van der Waals surface area (Å²) >= 11 is 1.86. The summed E-state index contributed by atoms with van der Waals surface area (Å²) < 4.78 is 5.03. The minimum Gasteiger partial charge on any atom is -0.462 e. The van der Waals surface area contributed by atoms with Crippen LogP contribution in [0, 0.1) is 18.8 Å². The fourth-order valence-corrected chi connectivity index (χ4v) is 4.72. The number of carbonyl (C=O) groups is 1. The van der Waals surface area contributed by atoms with Gasteiger partial charge in [0.15, 0.2) is 0 Å². The molecule has 160 valence electrons. The summed E-state index contributed by atoms with van der Waals surface area (Å²) in [6, 6.07) is 17.8. The monoisotopic (exact) mass is 439 g/mol. The normalized spacial score (nSPS) is 13.9. The number of aromatic nitrogens is 1. The Morgan fingerprint density at radius 3 is 2.44 bits per heavy atom. The number of hydrogen-bond donors (Lipinski definition) is 0. The van der Waals surface area contributed by atoms with Gasteiger partial charge in [0.05, 0.1) is 12.2 Å². The average Bonchev–Trinajstić information content (AvgIpc) is 2.78. The van der Waals surface area contributed by atoms with Crippen LogP contribution in [0.5, 0.6) is 0 Å². The van der Waals surface area contributed by atoms with Crippen molar-refractivity contribution in [3.8, 4) is 11.8 Å². The summed E-state index contributed by atoms with van der Waals surface area (Å²) in [6.45, 7) is 8.63. The predicted molar refractivity (Wildman–Crippen MR) is 131 cm³/mol. The molecule has 1 aromatic heterocycles. The Bertz CT molecular complexity index is 1240. The number of benzene rings is 2. The van der Waals surface area contributed by atoms with Gasteiger partial charge in [-0.15, -0.1) is 11.8 Å². The number of nitrogens with zero attached hydrogens (tertiary/aromatic N) is 1. The van der Waals surface area contributed by atoms with Gasteiger partial charge in [-0.25, -0.2) is 4.79 Å². The Balaban J connectivity index is 1.65. The topological polar surface area (TPSA) is 39.2 Å². The van der Waals surface area contributed by atoms with Crippen molar-refractivity contribution in [2.75, 3.05) is 6.61 Å². The Hall–Kier alpha value is -3.29. The molecular formula is C28H25NO2S. The maximum absolute atomic E-state index is 11.8. The highest BCUT2D eigenvalue weighted by molar-refractivity contribution is 8.01. The number of thioether (sulfide) groups is 1. The van der Waals surface area contributed by atoms with Gasteiger partial charge in [0.1, 0.15) is 0 Å². The van der Waals surface area contributed by atoms with Crippen LogP contribution in [0.3, 0.4) is 0 Å². The highest BCUT2D eigenvalue weighted by atomic mass is 32.2. The zero-order valence-electron chi connectivity index (χ0n) is 18.7. The molecule has 2 aromatic carbocycles. The van der Waals surface area contributed by atoms with Crippen LogP contribution in [-0.2, 0) is 4.74 Å². The third-order valence-corrected chi connectivity index (χ3v) is 6.32.